The van der Waals surface area contributed by atoms with Crippen LogP contribution in [0.1, 0.15) is 41.5 Å². The van der Waals surface area contributed by atoms with Crippen molar-refractivity contribution in [1.29, 1.82) is 0 Å². The Morgan fingerprint density at radius 3 is 2.62 bits per heavy atom. The summed E-state index contributed by atoms with van der Waals surface area (Å²) in [7, 11) is 0. The molecule has 2 heterocycles. The summed E-state index contributed by atoms with van der Waals surface area (Å²) in [6.45, 7) is 13.5. The zero-order chi connectivity index (χ0) is 18.1. The highest BCUT2D eigenvalue weighted by Crippen LogP contribution is 2.18. The first kappa shape index (κ1) is 19.0. The third-order valence-corrected chi connectivity index (χ3v) is 4.66. The van der Waals surface area contributed by atoms with Crippen LogP contribution in [0.4, 0.5) is 4.79 Å². The molecule has 0 saturated carbocycles. The van der Waals surface area contributed by atoms with Gasteiger partial charge < -0.3 is 24.6 Å². The number of rotatable bonds is 2. The Bertz CT molecular complexity index is 477. The Labute approximate surface area is 144 Å². The maximum Gasteiger partial charge on any atom is 0.410 e. The second-order valence-corrected chi connectivity index (χ2v) is 7.89. The molecule has 2 aliphatic heterocycles. The van der Waals surface area contributed by atoms with Crippen molar-refractivity contribution in [2.75, 3.05) is 26.2 Å². The van der Waals surface area contributed by atoms with Crippen molar-refractivity contribution in [1.82, 2.24) is 15.1 Å². The van der Waals surface area contributed by atoms with E-state index in [1.807, 2.05) is 46.4 Å². The summed E-state index contributed by atoms with van der Waals surface area (Å²) >= 11 is 0. The summed E-state index contributed by atoms with van der Waals surface area (Å²) in [6.07, 6.45) is -0.275. The second kappa shape index (κ2) is 7.27. The fourth-order valence-corrected chi connectivity index (χ4v) is 3.04. The van der Waals surface area contributed by atoms with E-state index in [0.717, 1.165) is 0 Å². The van der Waals surface area contributed by atoms with Crippen molar-refractivity contribution in [2.45, 2.75) is 71.4 Å². The highest BCUT2D eigenvalue weighted by Gasteiger charge is 2.36. The van der Waals surface area contributed by atoms with Gasteiger partial charge in [-0.05, 0) is 41.5 Å². The average molecular weight is 341 g/mol. The summed E-state index contributed by atoms with van der Waals surface area (Å²) in [5, 5.41) is 3.44. The molecule has 2 fully saturated rings. The lowest BCUT2D eigenvalue weighted by Crippen LogP contribution is -2.63. The maximum atomic E-state index is 12.4. The summed E-state index contributed by atoms with van der Waals surface area (Å²) in [4.78, 5) is 28.2. The molecule has 24 heavy (non-hydrogen) atoms. The van der Waals surface area contributed by atoms with Gasteiger partial charge in [-0.3, -0.25) is 4.79 Å². The van der Waals surface area contributed by atoms with Crippen LogP contribution < -0.4 is 5.32 Å². The van der Waals surface area contributed by atoms with Crippen molar-refractivity contribution < 1.29 is 19.1 Å². The first-order valence-corrected chi connectivity index (χ1v) is 8.72. The highest BCUT2D eigenvalue weighted by molar-refractivity contribution is 5.78. The van der Waals surface area contributed by atoms with Gasteiger partial charge in [0.05, 0.1) is 12.1 Å². The zero-order valence-electron chi connectivity index (χ0n) is 15.7. The molecular weight excluding hydrogens is 310 g/mol. The van der Waals surface area contributed by atoms with Crippen LogP contribution in [-0.4, -0.2) is 77.9 Å². The number of carbonyl (C=O) groups excluding carboxylic acids is 2. The van der Waals surface area contributed by atoms with Gasteiger partial charge >= 0.3 is 6.09 Å². The van der Waals surface area contributed by atoms with Crippen LogP contribution in [0.25, 0.3) is 0 Å². The van der Waals surface area contributed by atoms with Gasteiger partial charge in [-0.2, -0.15) is 0 Å². The molecule has 1 N–H and O–H groups in total. The Hall–Kier alpha value is -1.34. The minimum Gasteiger partial charge on any atom is -0.444 e. The van der Waals surface area contributed by atoms with Crippen LogP contribution in [0.15, 0.2) is 0 Å². The minimum absolute atomic E-state index is 0.00448. The molecule has 2 amide bonds. The van der Waals surface area contributed by atoms with E-state index in [1.54, 1.807) is 4.90 Å². The normalized spacial score (nSPS) is 32.0. The lowest BCUT2D eigenvalue weighted by molar-refractivity contribution is -0.155. The zero-order valence-corrected chi connectivity index (χ0v) is 15.7. The quantitative estimate of drug-likeness (QED) is 0.818. The van der Waals surface area contributed by atoms with E-state index in [9.17, 15) is 9.59 Å². The van der Waals surface area contributed by atoms with E-state index in [2.05, 4.69) is 5.32 Å². The molecule has 4 atom stereocenters. The number of carbonyl (C=O) groups is 2. The highest BCUT2D eigenvalue weighted by atomic mass is 16.6. The number of amides is 2. The molecule has 0 aromatic carbocycles. The van der Waals surface area contributed by atoms with Gasteiger partial charge in [0.25, 0.3) is 0 Å². The van der Waals surface area contributed by atoms with Gasteiger partial charge in [0.1, 0.15) is 12.2 Å². The lowest BCUT2D eigenvalue weighted by atomic mass is 10.1. The second-order valence-electron chi connectivity index (χ2n) is 7.89. The Morgan fingerprint density at radius 1 is 1.33 bits per heavy atom. The van der Waals surface area contributed by atoms with Crippen LogP contribution in [0, 0.1) is 0 Å². The molecule has 0 aromatic rings. The molecule has 2 rings (SSSR count). The molecule has 0 aromatic heterocycles. The smallest absolute Gasteiger partial charge is 0.410 e. The number of piperazine rings is 1. The first-order valence-electron chi connectivity index (χ1n) is 8.72. The molecule has 138 valence electrons. The summed E-state index contributed by atoms with van der Waals surface area (Å²) in [6, 6.07) is 0.126. The molecule has 0 spiro atoms. The van der Waals surface area contributed by atoms with E-state index in [0.29, 0.717) is 19.6 Å². The summed E-state index contributed by atoms with van der Waals surface area (Å²) in [5.74, 6) is 0.00448. The van der Waals surface area contributed by atoms with Gasteiger partial charge in [0.15, 0.2) is 0 Å². The fraction of sp³-hybridized carbons (Fsp3) is 0.882. The maximum absolute atomic E-state index is 12.4. The van der Waals surface area contributed by atoms with Gasteiger partial charge in [0, 0.05) is 31.7 Å². The topological polar surface area (TPSA) is 71.1 Å². The Morgan fingerprint density at radius 2 is 2.00 bits per heavy atom. The minimum atomic E-state index is -0.513. The largest absolute Gasteiger partial charge is 0.444 e. The van der Waals surface area contributed by atoms with Crippen LogP contribution in [0.2, 0.25) is 0 Å². The van der Waals surface area contributed by atoms with Crippen molar-refractivity contribution in [2.24, 2.45) is 0 Å². The SMILES string of the molecule is C[C@@H]1OCC(=O)N(C[C@H]2CN(C(=O)OC(C)(C)C)[C@H](C)CN2)[C@@H]1C. The van der Waals surface area contributed by atoms with Crippen molar-refractivity contribution in [3.8, 4) is 0 Å². The van der Waals surface area contributed by atoms with Crippen LogP contribution >= 0.6 is 0 Å². The van der Waals surface area contributed by atoms with E-state index < -0.39 is 5.60 Å². The van der Waals surface area contributed by atoms with Gasteiger partial charge in [-0.15, -0.1) is 0 Å². The van der Waals surface area contributed by atoms with Crippen LogP contribution in [0.5, 0.6) is 0 Å². The van der Waals surface area contributed by atoms with E-state index >= 15 is 0 Å². The summed E-state index contributed by atoms with van der Waals surface area (Å²) < 4.78 is 11.0. The van der Waals surface area contributed by atoms with Crippen molar-refractivity contribution in [3.63, 3.8) is 0 Å². The van der Waals surface area contributed by atoms with Crippen molar-refractivity contribution >= 4 is 12.0 Å². The molecular formula is C17H31N3O4. The van der Waals surface area contributed by atoms with E-state index in [4.69, 9.17) is 9.47 Å². The van der Waals surface area contributed by atoms with Gasteiger partial charge in [0.2, 0.25) is 5.91 Å². The average Bonchev–Trinajstić information content (AvgIpc) is 2.47. The number of nitrogens with one attached hydrogen (secondary N) is 1. The molecule has 7 nitrogen and oxygen atoms in total. The third-order valence-electron chi connectivity index (χ3n) is 4.66. The monoisotopic (exact) mass is 341 g/mol. The number of ether oxygens (including phenoxy) is 2. The molecule has 0 unspecified atom stereocenters. The summed E-state index contributed by atoms with van der Waals surface area (Å²) in [5.41, 5.74) is -0.513. The van der Waals surface area contributed by atoms with Crippen molar-refractivity contribution in [3.05, 3.63) is 0 Å². The number of hydrogen-bond acceptors (Lipinski definition) is 5. The van der Waals surface area contributed by atoms with Crippen LogP contribution in [-0.2, 0) is 14.3 Å². The number of nitrogens with zero attached hydrogens (tertiary/aromatic N) is 2. The van der Waals surface area contributed by atoms with Crippen LogP contribution in [0.3, 0.4) is 0 Å². The number of morpholine rings is 1. The lowest BCUT2D eigenvalue weighted by Gasteiger charge is -2.43. The molecule has 0 aliphatic carbocycles. The predicted molar refractivity (Wildman–Crippen MR) is 90.8 cm³/mol. The number of hydrogen-bond donors (Lipinski definition) is 1. The Kier molecular flexibility index (Phi) is 5.75. The van der Waals surface area contributed by atoms with Gasteiger partial charge in [-0.25, -0.2) is 4.79 Å². The first-order chi connectivity index (χ1) is 11.1. The van der Waals surface area contributed by atoms with E-state index in [1.165, 1.54) is 0 Å². The standard InChI is InChI=1S/C17H31N3O4/c1-11-7-18-14(8-19(11)16(22)24-17(4,5)6)9-20-12(2)13(3)23-10-15(20)21/h11-14,18H,7-10H2,1-6H3/t11-,12-,13+,14-/m1/s1. The van der Waals surface area contributed by atoms with E-state index in [-0.39, 0.29) is 42.8 Å². The molecule has 7 heteroatoms. The molecule has 0 radical (unpaired) electrons. The fourth-order valence-electron chi connectivity index (χ4n) is 3.04. The Balaban J connectivity index is 1.99. The molecule has 2 saturated heterocycles. The molecule has 2 aliphatic rings. The predicted octanol–water partition coefficient (Wildman–Crippen LogP) is 1.22. The van der Waals surface area contributed by atoms with Gasteiger partial charge in [-0.1, -0.05) is 0 Å². The third kappa shape index (κ3) is 4.60. The molecule has 0 bridgehead atoms.